The van der Waals surface area contributed by atoms with Crippen molar-refractivity contribution in [2.24, 2.45) is 0 Å². The van der Waals surface area contributed by atoms with Crippen LogP contribution in [0.5, 0.6) is 0 Å². The van der Waals surface area contributed by atoms with Crippen molar-refractivity contribution >= 4 is 17.3 Å². The lowest BCUT2D eigenvalue weighted by atomic mass is 10.2. The Morgan fingerprint density at radius 2 is 2.00 bits per heavy atom. The zero-order valence-electron chi connectivity index (χ0n) is 8.12. The van der Waals surface area contributed by atoms with Crippen molar-refractivity contribution in [2.45, 2.75) is 6.18 Å². The van der Waals surface area contributed by atoms with Crippen molar-refractivity contribution in [1.29, 1.82) is 0 Å². The van der Waals surface area contributed by atoms with E-state index in [0.717, 1.165) is 0 Å². The van der Waals surface area contributed by atoms with E-state index in [4.69, 9.17) is 17.3 Å². The average Bonchev–Trinajstić information content (AvgIpc) is 2.70. The Labute approximate surface area is 98.2 Å². The van der Waals surface area contributed by atoms with Gasteiger partial charge in [0.15, 0.2) is 0 Å². The zero-order chi connectivity index (χ0) is 12.6. The number of alkyl halides is 3. The number of nitrogens with zero attached hydrogens (tertiary/aromatic N) is 2. The highest BCUT2D eigenvalue weighted by atomic mass is 35.5. The molecule has 0 fully saturated rings. The Morgan fingerprint density at radius 3 is 2.59 bits per heavy atom. The van der Waals surface area contributed by atoms with Crippen molar-refractivity contribution < 1.29 is 17.7 Å². The number of hydrogen-bond acceptors (Lipinski definition) is 4. The van der Waals surface area contributed by atoms with Gasteiger partial charge in [-0.25, -0.2) is 0 Å². The summed E-state index contributed by atoms with van der Waals surface area (Å²) in [5.74, 6) is -1.68. The van der Waals surface area contributed by atoms with Gasteiger partial charge in [-0.05, 0) is 18.2 Å². The molecule has 2 N–H and O–H groups in total. The van der Waals surface area contributed by atoms with Crippen LogP contribution in [0, 0.1) is 0 Å². The minimum atomic E-state index is -4.66. The number of hydrogen-bond donors (Lipinski definition) is 1. The molecule has 0 spiro atoms. The molecular weight excluding hydrogens is 259 g/mol. The van der Waals surface area contributed by atoms with Gasteiger partial charge in [0.1, 0.15) is 0 Å². The molecular formula is C9H5ClF3N3O. The van der Waals surface area contributed by atoms with E-state index in [1.807, 2.05) is 0 Å². The summed E-state index contributed by atoms with van der Waals surface area (Å²) in [6.07, 6.45) is -4.66. The summed E-state index contributed by atoms with van der Waals surface area (Å²) in [4.78, 5) is 3.21. The van der Waals surface area contributed by atoms with Crippen LogP contribution in [0.15, 0.2) is 22.7 Å². The van der Waals surface area contributed by atoms with Gasteiger partial charge in [0.25, 0.3) is 11.7 Å². The second-order valence-corrected chi connectivity index (χ2v) is 3.59. The van der Waals surface area contributed by atoms with Crippen LogP contribution in [0.2, 0.25) is 5.02 Å². The van der Waals surface area contributed by atoms with E-state index in [1.165, 1.54) is 18.2 Å². The molecule has 0 saturated carbocycles. The number of aromatic nitrogens is 2. The van der Waals surface area contributed by atoms with E-state index in [-0.39, 0.29) is 17.1 Å². The summed E-state index contributed by atoms with van der Waals surface area (Å²) < 4.78 is 41.3. The quantitative estimate of drug-likeness (QED) is 0.803. The number of nitrogen functional groups attached to an aromatic ring is 1. The molecule has 1 aromatic carbocycles. The highest BCUT2D eigenvalue weighted by molar-refractivity contribution is 6.31. The first-order valence-corrected chi connectivity index (χ1v) is 4.72. The Kier molecular flexibility index (Phi) is 2.70. The molecule has 2 rings (SSSR count). The predicted molar refractivity (Wildman–Crippen MR) is 54.2 cm³/mol. The van der Waals surface area contributed by atoms with Gasteiger partial charge in [-0.2, -0.15) is 18.2 Å². The van der Waals surface area contributed by atoms with E-state index >= 15 is 0 Å². The van der Waals surface area contributed by atoms with Crippen LogP contribution < -0.4 is 5.73 Å². The molecule has 0 atom stereocenters. The number of rotatable bonds is 1. The van der Waals surface area contributed by atoms with Crippen molar-refractivity contribution in [3.8, 4) is 11.5 Å². The fourth-order valence-corrected chi connectivity index (χ4v) is 1.33. The summed E-state index contributed by atoms with van der Waals surface area (Å²) in [7, 11) is 0. The number of anilines is 1. The minimum absolute atomic E-state index is 0.167. The SMILES string of the molecule is Nc1ccc(Cl)cc1-c1nc(C(F)(F)F)no1. The maximum Gasteiger partial charge on any atom is 0.455 e. The zero-order valence-corrected chi connectivity index (χ0v) is 8.88. The van der Waals surface area contributed by atoms with Crippen LogP contribution >= 0.6 is 11.6 Å². The molecule has 0 aliphatic rings. The largest absolute Gasteiger partial charge is 0.455 e. The monoisotopic (exact) mass is 263 g/mol. The molecule has 0 unspecified atom stereocenters. The standard InChI is InChI=1S/C9H5ClF3N3O/c10-4-1-2-6(14)5(3-4)7-15-8(16-17-7)9(11,12)13/h1-3H,14H2. The van der Waals surface area contributed by atoms with E-state index in [2.05, 4.69) is 14.7 Å². The van der Waals surface area contributed by atoms with Gasteiger partial charge in [-0.1, -0.05) is 16.8 Å². The summed E-state index contributed by atoms with van der Waals surface area (Å²) in [5, 5.41) is 3.13. The molecule has 90 valence electrons. The normalized spacial score (nSPS) is 11.8. The van der Waals surface area contributed by atoms with Crippen molar-refractivity contribution in [2.75, 3.05) is 5.73 Å². The van der Waals surface area contributed by atoms with Gasteiger partial charge in [-0.3, -0.25) is 0 Å². The maximum absolute atomic E-state index is 12.3. The Balaban J connectivity index is 2.47. The van der Waals surface area contributed by atoms with Crippen LogP contribution in [-0.4, -0.2) is 10.1 Å². The predicted octanol–water partition coefficient (Wildman–Crippen LogP) is 2.99. The third-order valence-electron chi connectivity index (χ3n) is 1.93. The lowest BCUT2D eigenvalue weighted by Crippen LogP contribution is -2.07. The van der Waals surface area contributed by atoms with Crippen LogP contribution in [0.25, 0.3) is 11.5 Å². The number of benzene rings is 1. The van der Waals surface area contributed by atoms with E-state index in [0.29, 0.717) is 5.02 Å². The van der Waals surface area contributed by atoms with Gasteiger partial charge >= 0.3 is 6.18 Å². The van der Waals surface area contributed by atoms with Gasteiger partial charge in [0, 0.05) is 10.7 Å². The first kappa shape index (κ1) is 11.7. The minimum Gasteiger partial charge on any atom is -0.398 e. The molecule has 0 amide bonds. The number of nitrogens with two attached hydrogens (primary N) is 1. The second kappa shape index (κ2) is 3.92. The third kappa shape index (κ3) is 2.33. The maximum atomic E-state index is 12.3. The Morgan fingerprint density at radius 1 is 1.29 bits per heavy atom. The Bertz CT molecular complexity index is 553. The molecule has 2 aromatic rings. The van der Waals surface area contributed by atoms with Gasteiger partial charge < -0.3 is 10.3 Å². The van der Waals surface area contributed by atoms with Crippen molar-refractivity contribution in [1.82, 2.24) is 10.1 Å². The second-order valence-electron chi connectivity index (χ2n) is 3.15. The van der Waals surface area contributed by atoms with Gasteiger partial charge in [-0.15, -0.1) is 0 Å². The molecule has 1 aromatic heterocycles. The van der Waals surface area contributed by atoms with Crippen LogP contribution in [0.1, 0.15) is 5.82 Å². The average molecular weight is 264 g/mol. The fourth-order valence-electron chi connectivity index (χ4n) is 1.16. The van der Waals surface area contributed by atoms with Gasteiger partial charge in [0.05, 0.1) is 5.56 Å². The van der Waals surface area contributed by atoms with Crippen molar-refractivity contribution in [3.05, 3.63) is 29.0 Å². The van der Waals surface area contributed by atoms with Crippen LogP contribution in [0.4, 0.5) is 18.9 Å². The lowest BCUT2D eigenvalue weighted by Gasteiger charge is -2.00. The molecule has 4 nitrogen and oxygen atoms in total. The smallest absolute Gasteiger partial charge is 0.398 e. The molecule has 0 aliphatic heterocycles. The molecule has 0 saturated heterocycles. The van der Waals surface area contributed by atoms with Crippen LogP contribution in [-0.2, 0) is 6.18 Å². The summed E-state index contributed by atoms with van der Waals surface area (Å²) in [6.45, 7) is 0. The van der Waals surface area contributed by atoms with Crippen LogP contribution in [0.3, 0.4) is 0 Å². The lowest BCUT2D eigenvalue weighted by molar-refractivity contribution is -0.146. The molecule has 0 bridgehead atoms. The molecule has 1 heterocycles. The molecule has 8 heteroatoms. The first-order chi connectivity index (χ1) is 7.88. The highest BCUT2D eigenvalue weighted by Crippen LogP contribution is 2.31. The first-order valence-electron chi connectivity index (χ1n) is 4.34. The number of halogens is 4. The molecule has 0 radical (unpaired) electrons. The topological polar surface area (TPSA) is 64.9 Å². The van der Waals surface area contributed by atoms with E-state index in [1.54, 1.807) is 0 Å². The summed E-state index contributed by atoms with van der Waals surface area (Å²) in [5.41, 5.74) is 5.94. The fraction of sp³-hybridized carbons (Fsp3) is 0.111. The van der Waals surface area contributed by atoms with E-state index in [9.17, 15) is 13.2 Å². The van der Waals surface area contributed by atoms with Crippen molar-refractivity contribution in [3.63, 3.8) is 0 Å². The molecule has 0 aliphatic carbocycles. The van der Waals surface area contributed by atoms with Gasteiger partial charge in [0.2, 0.25) is 0 Å². The Hall–Kier alpha value is -1.76. The highest BCUT2D eigenvalue weighted by Gasteiger charge is 2.37. The summed E-state index contributed by atoms with van der Waals surface area (Å²) >= 11 is 5.70. The van der Waals surface area contributed by atoms with E-state index < -0.39 is 12.0 Å². The summed E-state index contributed by atoms with van der Waals surface area (Å²) in [6, 6.07) is 4.29. The third-order valence-corrected chi connectivity index (χ3v) is 2.16. The molecule has 17 heavy (non-hydrogen) atoms.